The van der Waals surface area contributed by atoms with E-state index in [9.17, 15) is 4.79 Å². The highest BCUT2D eigenvalue weighted by Gasteiger charge is 2.16. The molecule has 1 fully saturated rings. The van der Waals surface area contributed by atoms with Gasteiger partial charge in [-0.25, -0.2) is 4.79 Å². The minimum atomic E-state index is -0.476. The molecule has 1 heterocycles. The third kappa shape index (κ3) is 5.76. The molecule has 0 saturated carbocycles. The average molecular weight is 290 g/mol. The number of nitrogens with one attached hydrogen (secondary N) is 2. The Morgan fingerprint density at radius 2 is 2.00 bits per heavy atom. The normalized spacial score (nSPS) is 19.1. The maximum Gasteiger partial charge on any atom is 0.412 e. The quantitative estimate of drug-likeness (QED) is 0.892. The highest BCUT2D eigenvalue weighted by molar-refractivity contribution is 5.84. The predicted molar refractivity (Wildman–Crippen MR) is 85.6 cm³/mol. The lowest BCUT2D eigenvalue weighted by Crippen LogP contribution is -2.35. The van der Waals surface area contributed by atoms with Gasteiger partial charge in [0.05, 0.1) is 0 Å². The average Bonchev–Trinajstić information content (AvgIpc) is 2.40. The lowest BCUT2D eigenvalue weighted by Gasteiger charge is -2.23. The Morgan fingerprint density at radius 3 is 2.57 bits per heavy atom. The van der Waals surface area contributed by atoms with Crippen LogP contribution >= 0.6 is 0 Å². The second-order valence-electron chi connectivity index (χ2n) is 6.67. The van der Waals surface area contributed by atoms with Crippen molar-refractivity contribution in [3.8, 4) is 0 Å². The van der Waals surface area contributed by atoms with Crippen LogP contribution in [0.4, 0.5) is 10.5 Å². The number of benzene rings is 1. The minimum absolute atomic E-state index is 0.413. The second kappa shape index (κ2) is 6.94. The Bertz CT molecular complexity index is 457. The van der Waals surface area contributed by atoms with Crippen LogP contribution in [-0.2, 0) is 11.2 Å². The monoisotopic (exact) mass is 290 g/mol. The van der Waals surface area contributed by atoms with Crippen molar-refractivity contribution in [2.45, 2.75) is 58.1 Å². The summed E-state index contributed by atoms with van der Waals surface area (Å²) in [7, 11) is 0. The molecule has 1 aliphatic heterocycles. The number of ether oxygens (including phenoxy) is 1. The molecule has 2 rings (SSSR count). The molecule has 0 aromatic heterocycles. The second-order valence-corrected chi connectivity index (χ2v) is 6.67. The summed E-state index contributed by atoms with van der Waals surface area (Å²) in [5.41, 5.74) is 1.59. The van der Waals surface area contributed by atoms with Gasteiger partial charge >= 0.3 is 6.09 Å². The smallest absolute Gasteiger partial charge is 0.412 e. The highest BCUT2D eigenvalue weighted by Crippen LogP contribution is 2.16. The fourth-order valence-corrected chi connectivity index (χ4v) is 2.53. The molecule has 0 spiro atoms. The Hall–Kier alpha value is -1.55. The van der Waals surface area contributed by atoms with E-state index in [1.807, 2.05) is 32.9 Å². The maximum absolute atomic E-state index is 11.7. The van der Waals surface area contributed by atoms with E-state index < -0.39 is 11.7 Å². The van der Waals surface area contributed by atoms with Crippen molar-refractivity contribution < 1.29 is 9.53 Å². The summed E-state index contributed by atoms with van der Waals surface area (Å²) in [6.07, 6.45) is 4.49. The summed E-state index contributed by atoms with van der Waals surface area (Å²) >= 11 is 0. The summed E-state index contributed by atoms with van der Waals surface area (Å²) in [5.74, 6) is 0. The fraction of sp³-hybridized carbons (Fsp3) is 0.588. The summed E-state index contributed by atoms with van der Waals surface area (Å²) in [4.78, 5) is 11.7. The molecule has 116 valence electrons. The molecule has 1 unspecified atom stereocenters. The predicted octanol–water partition coefficient (Wildman–Crippen LogP) is 3.72. The molecular formula is C17H26N2O2. The Labute approximate surface area is 127 Å². The van der Waals surface area contributed by atoms with E-state index in [4.69, 9.17) is 4.74 Å². The van der Waals surface area contributed by atoms with Crippen LogP contribution in [0.15, 0.2) is 24.3 Å². The lowest BCUT2D eigenvalue weighted by molar-refractivity contribution is 0.0636. The first-order valence-electron chi connectivity index (χ1n) is 7.75. The molecule has 0 bridgehead atoms. The maximum atomic E-state index is 11.7. The third-order valence-electron chi connectivity index (χ3n) is 3.49. The van der Waals surface area contributed by atoms with Crippen molar-refractivity contribution in [3.63, 3.8) is 0 Å². The summed E-state index contributed by atoms with van der Waals surface area (Å²) in [6.45, 7) is 6.69. The SMILES string of the molecule is CC(C)(C)OC(=O)Nc1ccc(CC2CCCCN2)cc1. The third-order valence-corrected chi connectivity index (χ3v) is 3.49. The first-order chi connectivity index (χ1) is 9.92. The molecule has 2 N–H and O–H groups in total. The van der Waals surface area contributed by atoms with Gasteiger partial charge in [0.15, 0.2) is 0 Å². The molecule has 1 amide bonds. The molecule has 1 aromatic rings. The molecular weight excluding hydrogens is 264 g/mol. The standard InChI is InChI=1S/C17H26N2O2/c1-17(2,3)21-16(20)19-14-9-7-13(8-10-14)12-15-6-4-5-11-18-15/h7-10,15,18H,4-6,11-12H2,1-3H3,(H,19,20). The van der Waals surface area contributed by atoms with Gasteiger partial charge < -0.3 is 10.1 Å². The molecule has 0 radical (unpaired) electrons. The molecule has 1 aromatic carbocycles. The minimum Gasteiger partial charge on any atom is -0.444 e. The topological polar surface area (TPSA) is 50.4 Å². The zero-order chi connectivity index (χ0) is 15.3. The van der Waals surface area contributed by atoms with Crippen LogP contribution in [0.25, 0.3) is 0 Å². The van der Waals surface area contributed by atoms with Crippen LogP contribution in [0.5, 0.6) is 0 Å². The summed E-state index contributed by atoms with van der Waals surface area (Å²) < 4.78 is 5.23. The molecule has 1 atom stereocenters. The molecule has 1 saturated heterocycles. The number of carbonyl (C=O) groups is 1. The van der Waals surface area contributed by atoms with Gasteiger partial charge in [0.25, 0.3) is 0 Å². The van der Waals surface area contributed by atoms with Crippen molar-refractivity contribution in [1.29, 1.82) is 0 Å². The number of hydrogen-bond acceptors (Lipinski definition) is 3. The first kappa shape index (κ1) is 15.8. The van der Waals surface area contributed by atoms with Gasteiger partial charge in [-0.05, 0) is 64.3 Å². The number of piperidine rings is 1. The Balaban J connectivity index is 1.85. The zero-order valence-electron chi connectivity index (χ0n) is 13.2. The van der Waals surface area contributed by atoms with E-state index in [-0.39, 0.29) is 0 Å². The van der Waals surface area contributed by atoms with Crippen LogP contribution in [0.2, 0.25) is 0 Å². The van der Waals surface area contributed by atoms with E-state index in [1.165, 1.54) is 24.8 Å². The van der Waals surface area contributed by atoms with E-state index in [2.05, 4.69) is 22.8 Å². The largest absolute Gasteiger partial charge is 0.444 e. The number of amides is 1. The van der Waals surface area contributed by atoms with Crippen LogP contribution in [-0.4, -0.2) is 24.3 Å². The van der Waals surface area contributed by atoms with E-state index in [0.717, 1.165) is 18.7 Å². The van der Waals surface area contributed by atoms with Crippen molar-refractivity contribution in [1.82, 2.24) is 5.32 Å². The number of anilines is 1. The highest BCUT2D eigenvalue weighted by atomic mass is 16.6. The lowest BCUT2D eigenvalue weighted by atomic mass is 9.98. The van der Waals surface area contributed by atoms with Crippen LogP contribution in [0, 0.1) is 0 Å². The van der Waals surface area contributed by atoms with Crippen molar-refractivity contribution in [2.75, 3.05) is 11.9 Å². The Kier molecular flexibility index (Phi) is 5.23. The van der Waals surface area contributed by atoms with Gasteiger partial charge in [-0.3, -0.25) is 5.32 Å². The summed E-state index contributed by atoms with van der Waals surface area (Å²) in [5, 5.41) is 6.30. The van der Waals surface area contributed by atoms with E-state index >= 15 is 0 Å². The van der Waals surface area contributed by atoms with Gasteiger partial charge in [-0.15, -0.1) is 0 Å². The molecule has 1 aliphatic rings. The van der Waals surface area contributed by atoms with Crippen molar-refractivity contribution >= 4 is 11.8 Å². The number of hydrogen-bond donors (Lipinski definition) is 2. The van der Waals surface area contributed by atoms with Gasteiger partial charge in [-0.2, -0.15) is 0 Å². The molecule has 21 heavy (non-hydrogen) atoms. The van der Waals surface area contributed by atoms with Crippen LogP contribution in [0.3, 0.4) is 0 Å². The van der Waals surface area contributed by atoms with Gasteiger partial charge in [0, 0.05) is 11.7 Å². The Morgan fingerprint density at radius 1 is 1.29 bits per heavy atom. The molecule has 0 aliphatic carbocycles. The summed E-state index contributed by atoms with van der Waals surface area (Å²) in [6, 6.07) is 8.60. The number of rotatable bonds is 3. The van der Waals surface area contributed by atoms with Crippen molar-refractivity contribution in [3.05, 3.63) is 29.8 Å². The van der Waals surface area contributed by atoms with E-state index in [1.54, 1.807) is 0 Å². The van der Waals surface area contributed by atoms with E-state index in [0.29, 0.717) is 6.04 Å². The molecule has 4 nitrogen and oxygen atoms in total. The van der Waals surface area contributed by atoms with Gasteiger partial charge in [0.1, 0.15) is 5.60 Å². The number of carbonyl (C=O) groups excluding carboxylic acids is 1. The fourth-order valence-electron chi connectivity index (χ4n) is 2.53. The van der Waals surface area contributed by atoms with Crippen molar-refractivity contribution in [2.24, 2.45) is 0 Å². The van der Waals surface area contributed by atoms with Gasteiger partial charge in [0.2, 0.25) is 0 Å². The molecule has 4 heteroatoms. The zero-order valence-corrected chi connectivity index (χ0v) is 13.2. The van der Waals surface area contributed by atoms with Crippen LogP contribution < -0.4 is 10.6 Å². The first-order valence-corrected chi connectivity index (χ1v) is 7.75. The van der Waals surface area contributed by atoms with Gasteiger partial charge in [-0.1, -0.05) is 18.6 Å². The van der Waals surface area contributed by atoms with Crippen LogP contribution in [0.1, 0.15) is 45.6 Å².